The molecular weight excluding hydrogens is 296 g/mol. The molecule has 3 rings (SSSR count). The maximum atomic E-state index is 12.9. The van der Waals surface area contributed by atoms with Crippen LogP contribution in [0.4, 0.5) is 0 Å². The zero-order valence-corrected chi connectivity index (χ0v) is 13.4. The number of carbonyl (C=O) groups excluding carboxylic acids is 1. The van der Waals surface area contributed by atoms with Crippen LogP contribution in [0.2, 0.25) is 0 Å². The van der Waals surface area contributed by atoms with E-state index in [-0.39, 0.29) is 18.6 Å². The first-order valence-corrected chi connectivity index (χ1v) is 8.44. The number of rotatable bonds is 6. The zero-order chi connectivity index (χ0) is 15.5. The summed E-state index contributed by atoms with van der Waals surface area (Å²) >= 11 is 1.37. The van der Waals surface area contributed by atoms with Crippen LogP contribution in [-0.4, -0.2) is 33.5 Å². The van der Waals surface area contributed by atoms with E-state index in [1.54, 1.807) is 5.51 Å². The van der Waals surface area contributed by atoms with Gasteiger partial charge in [-0.05, 0) is 31.2 Å². The van der Waals surface area contributed by atoms with Gasteiger partial charge in [-0.3, -0.25) is 4.79 Å². The van der Waals surface area contributed by atoms with Crippen LogP contribution in [0.3, 0.4) is 0 Å². The molecule has 5 heteroatoms. The molecule has 0 radical (unpaired) electrons. The third-order valence-corrected chi connectivity index (χ3v) is 5.07. The lowest BCUT2D eigenvalue weighted by molar-refractivity contribution is 0.0535. The third kappa shape index (κ3) is 3.20. The van der Waals surface area contributed by atoms with Gasteiger partial charge in [0.15, 0.2) is 0 Å². The molecule has 1 aliphatic rings. The van der Waals surface area contributed by atoms with Gasteiger partial charge in [0.05, 0.1) is 23.9 Å². The Balaban J connectivity index is 1.88. The Bertz CT molecular complexity index is 637. The molecule has 0 aliphatic heterocycles. The van der Waals surface area contributed by atoms with Crippen molar-refractivity contribution in [3.8, 4) is 0 Å². The fourth-order valence-corrected chi connectivity index (χ4v) is 3.50. The molecule has 1 heterocycles. The second-order valence-corrected chi connectivity index (χ2v) is 6.63. The fraction of sp³-hybridized carbons (Fsp3) is 0.412. The molecule has 116 valence electrons. The maximum Gasteiger partial charge on any atom is 0.266 e. The highest BCUT2D eigenvalue weighted by Crippen LogP contribution is 2.36. The van der Waals surface area contributed by atoms with Gasteiger partial charge in [-0.15, -0.1) is 11.3 Å². The van der Waals surface area contributed by atoms with E-state index < -0.39 is 0 Å². The Morgan fingerprint density at radius 1 is 1.41 bits per heavy atom. The Morgan fingerprint density at radius 3 is 2.68 bits per heavy atom. The molecular formula is C17H20N2O2S. The van der Waals surface area contributed by atoms with Gasteiger partial charge in [-0.25, -0.2) is 4.98 Å². The number of aryl methyl sites for hydroxylation is 1. The molecule has 2 aromatic rings. The molecule has 1 atom stereocenters. The molecule has 0 saturated heterocycles. The number of aliphatic hydroxyl groups is 1. The predicted molar refractivity (Wildman–Crippen MR) is 86.8 cm³/mol. The van der Waals surface area contributed by atoms with E-state index in [4.69, 9.17) is 0 Å². The topological polar surface area (TPSA) is 53.4 Å². The molecule has 1 aliphatic carbocycles. The van der Waals surface area contributed by atoms with Crippen molar-refractivity contribution in [2.24, 2.45) is 5.92 Å². The molecule has 1 N–H and O–H groups in total. The number of carbonyl (C=O) groups is 1. The van der Waals surface area contributed by atoms with Crippen LogP contribution in [0.15, 0.2) is 35.8 Å². The number of benzene rings is 1. The Labute approximate surface area is 134 Å². The van der Waals surface area contributed by atoms with Gasteiger partial charge >= 0.3 is 0 Å². The second kappa shape index (κ2) is 6.58. The van der Waals surface area contributed by atoms with E-state index >= 15 is 0 Å². The quantitative estimate of drug-likeness (QED) is 0.891. The molecule has 1 aromatic heterocycles. The van der Waals surface area contributed by atoms with E-state index in [1.165, 1.54) is 11.3 Å². The average Bonchev–Trinajstić information content (AvgIpc) is 3.28. The highest BCUT2D eigenvalue weighted by Gasteiger charge is 2.38. The van der Waals surface area contributed by atoms with Crippen molar-refractivity contribution in [3.63, 3.8) is 0 Å². The third-order valence-electron chi connectivity index (χ3n) is 4.15. The SMILES string of the molecule is Cc1ncsc1C(=O)N(Cc1ccccc1)[C@@H](CO)C1CC1. The first-order chi connectivity index (χ1) is 10.7. The number of aromatic nitrogens is 1. The minimum absolute atomic E-state index is 0.0150. The first-order valence-electron chi connectivity index (χ1n) is 7.56. The summed E-state index contributed by atoms with van der Waals surface area (Å²) in [7, 11) is 0. The standard InChI is InChI=1S/C17H20N2O2S/c1-12-16(22-11-18-12)17(21)19(15(10-20)14-7-8-14)9-13-5-3-2-4-6-13/h2-6,11,14-15,20H,7-10H2,1H3/t15-/m0/s1. The minimum atomic E-state index is -0.103. The second-order valence-electron chi connectivity index (χ2n) is 5.77. The highest BCUT2D eigenvalue weighted by atomic mass is 32.1. The van der Waals surface area contributed by atoms with Crippen molar-refractivity contribution in [2.45, 2.75) is 32.4 Å². The van der Waals surface area contributed by atoms with E-state index in [0.717, 1.165) is 24.1 Å². The van der Waals surface area contributed by atoms with Crippen LogP contribution < -0.4 is 0 Å². The van der Waals surface area contributed by atoms with Crippen molar-refractivity contribution in [2.75, 3.05) is 6.61 Å². The normalized spacial score (nSPS) is 15.5. The predicted octanol–water partition coefficient (Wildman–Crippen LogP) is 2.86. The van der Waals surface area contributed by atoms with Crippen molar-refractivity contribution in [1.29, 1.82) is 0 Å². The number of amides is 1. The fourth-order valence-electron chi connectivity index (χ4n) is 2.74. The number of hydrogen-bond acceptors (Lipinski definition) is 4. The summed E-state index contributed by atoms with van der Waals surface area (Å²) in [6, 6.07) is 9.84. The maximum absolute atomic E-state index is 12.9. The van der Waals surface area contributed by atoms with Gasteiger partial charge in [0.1, 0.15) is 4.88 Å². The van der Waals surface area contributed by atoms with Crippen LogP contribution in [0.25, 0.3) is 0 Å². The summed E-state index contributed by atoms with van der Waals surface area (Å²) in [6.45, 7) is 2.40. The lowest BCUT2D eigenvalue weighted by Crippen LogP contribution is -2.43. The Morgan fingerprint density at radius 2 is 2.14 bits per heavy atom. The molecule has 4 nitrogen and oxygen atoms in total. The average molecular weight is 316 g/mol. The van der Waals surface area contributed by atoms with Gasteiger partial charge in [-0.2, -0.15) is 0 Å². The smallest absolute Gasteiger partial charge is 0.266 e. The summed E-state index contributed by atoms with van der Waals surface area (Å²) in [4.78, 5) is 19.6. The molecule has 1 fully saturated rings. The minimum Gasteiger partial charge on any atom is -0.394 e. The van der Waals surface area contributed by atoms with Gasteiger partial charge < -0.3 is 10.0 Å². The number of thiazole rings is 1. The van der Waals surface area contributed by atoms with Gasteiger partial charge in [0.25, 0.3) is 5.91 Å². The van der Waals surface area contributed by atoms with E-state index in [2.05, 4.69) is 4.98 Å². The highest BCUT2D eigenvalue weighted by molar-refractivity contribution is 7.11. The summed E-state index contributed by atoms with van der Waals surface area (Å²) in [5, 5.41) is 9.79. The first kappa shape index (κ1) is 15.2. The van der Waals surface area contributed by atoms with Gasteiger partial charge in [0, 0.05) is 6.54 Å². The van der Waals surface area contributed by atoms with E-state index in [1.807, 2.05) is 42.2 Å². The molecule has 0 unspecified atom stereocenters. The summed E-state index contributed by atoms with van der Waals surface area (Å²) in [5.41, 5.74) is 3.55. The zero-order valence-electron chi connectivity index (χ0n) is 12.6. The molecule has 1 saturated carbocycles. The van der Waals surface area contributed by atoms with Crippen molar-refractivity contribution in [3.05, 3.63) is 52.0 Å². The summed E-state index contributed by atoms with van der Waals surface area (Å²) in [6.07, 6.45) is 2.18. The molecule has 0 spiro atoms. The van der Waals surface area contributed by atoms with Gasteiger partial charge in [-0.1, -0.05) is 30.3 Å². The van der Waals surface area contributed by atoms with Crippen molar-refractivity contribution < 1.29 is 9.90 Å². The lowest BCUT2D eigenvalue weighted by atomic mass is 10.1. The van der Waals surface area contributed by atoms with Crippen molar-refractivity contribution >= 4 is 17.2 Å². The monoisotopic (exact) mass is 316 g/mol. The summed E-state index contributed by atoms with van der Waals surface area (Å²) in [5.74, 6) is 0.403. The summed E-state index contributed by atoms with van der Waals surface area (Å²) < 4.78 is 0. The van der Waals surface area contributed by atoms with Crippen molar-refractivity contribution in [1.82, 2.24) is 9.88 Å². The van der Waals surface area contributed by atoms with Crippen LogP contribution >= 0.6 is 11.3 Å². The Kier molecular flexibility index (Phi) is 4.55. The van der Waals surface area contributed by atoms with Gasteiger partial charge in [0.2, 0.25) is 0 Å². The number of hydrogen-bond donors (Lipinski definition) is 1. The van der Waals surface area contributed by atoms with Crippen LogP contribution in [0, 0.1) is 12.8 Å². The molecule has 1 amide bonds. The molecule has 1 aromatic carbocycles. The lowest BCUT2D eigenvalue weighted by Gasteiger charge is -2.30. The number of nitrogens with zero attached hydrogens (tertiary/aromatic N) is 2. The Hall–Kier alpha value is -1.72. The van der Waals surface area contributed by atoms with E-state index in [9.17, 15) is 9.90 Å². The number of aliphatic hydroxyl groups excluding tert-OH is 1. The molecule has 22 heavy (non-hydrogen) atoms. The van der Waals surface area contributed by atoms with E-state index in [0.29, 0.717) is 17.3 Å². The molecule has 0 bridgehead atoms. The van der Waals surface area contributed by atoms with Crippen LogP contribution in [0.5, 0.6) is 0 Å². The van der Waals surface area contributed by atoms with Crippen LogP contribution in [-0.2, 0) is 6.54 Å². The van der Waals surface area contributed by atoms with Crippen LogP contribution in [0.1, 0.15) is 33.8 Å². The largest absolute Gasteiger partial charge is 0.394 e.